The normalized spacial score (nSPS) is 11.9. The summed E-state index contributed by atoms with van der Waals surface area (Å²) in [6, 6.07) is 2.45. The van der Waals surface area contributed by atoms with Crippen LogP contribution in [0.15, 0.2) is 17.0 Å². The van der Waals surface area contributed by atoms with Crippen LogP contribution in [0, 0.1) is 24.0 Å². The smallest absolute Gasteiger partial charge is 0.289 e. The molecule has 0 aromatic heterocycles. The van der Waals surface area contributed by atoms with Gasteiger partial charge in [0.05, 0.1) is 18.1 Å². The van der Waals surface area contributed by atoms with Crippen molar-refractivity contribution in [2.75, 3.05) is 26.3 Å². The third-order valence-electron chi connectivity index (χ3n) is 3.09. The molecule has 2 N–H and O–H groups in total. The first-order chi connectivity index (χ1) is 9.75. The highest BCUT2D eigenvalue weighted by Crippen LogP contribution is 2.29. The monoisotopic (exact) mass is 318 g/mol. The van der Waals surface area contributed by atoms with E-state index in [1.54, 1.807) is 13.8 Å². The summed E-state index contributed by atoms with van der Waals surface area (Å²) >= 11 is 0. The second-order valence-corrected chi connectivity index (χ2v) is 6.42. The Bertz CT molecular complexity index is 623. The Hall–Kier alpha value is -1.55. The lowest BCUT2D eigenvalue weighted by Crippen LogP contribution is -2.36. The average molecular weight is 318 g/mol. The van der Waals surface area contributed by atoms with Gasteiger partial charge in [0, 0.05) is 19.2 Å². The molecule has 21 heavy (non-hydrogen) atoms. The van der Waals surface area contributed by atoms with Crippen LogP contribution < -0.4 is 0 Å². The van der Waals surface area contributed by atoms with Gasteiger partial charge in [-0.05, 0) is 31.0 Å². The number of hydrogen-bond donors (Lipinski definition) is 2. The fourth-order valence-corrected chi connectivity index (χ4v) is 3.48. The fourth-order valence-electron chi connectivity index (χ4n) is 1.84. The van der Waals surface area contributed by atoms with Gasteiger partial charge in [-0.3, -0.25) is 10.1 Å². The molecule has 0 amide bonds. The van der Waals surface area contributed by atoms with Crippen LogP contribution in [0.1, 0.15) is 11.1 Å². The minimum absolute atomic E-state index is 0.243. The van der Waals surface area contributed by atoms with Crippen molar-refractivity contribution < 1.29 is 23.6 Å². The lowest BCUT2D eigenvalue weighted by atomic mass is 10.1. The standard InChI is InChI=1S/C12H18N2O6S/c1-9-7-11(14(17)18)12(8-10(9)2)21(19,20)13(3-5-15)4-6-16/h7-8,15-16H,3-6H2,1-2H3. The van der Waals surface area contributed by atoms with Crippen molar-refractivity contribution in [1.29, 1.82) is 0 Å². The number of aliphatic hydroxyl groups excluding tert-OH is 2. The van der Waals surface area contributed by atoms with Crippen LogP contribution in [0.5, 0.6) is 0 Å². The van der Waals surface area contributed by atoms with Crippen LogP contribution in [0.4, 0.5) is 5.69 Å². The zero-order valence-electron chi connectivity index (χ0n) is 11.8. The minimum atomic E-state index is -4.17. The van der Waals surface area contributed by atoms with E-state index in [0.717, 1.165) is 4.31 Å². The molecule has 0 saturated carbocycles. The summed E-state index contributed by atoms with van der Waals surface area (Å²) in [5, 5.41) is 29.0. The van der Waals surface area contributed by atoms with E-state index in [1.807, 2.05) is 0 Å². The molecule has 0 spiro atoms. The van der Waals surface area contributed by atoms with Gasteiger partial charge < -0.3 is 10.2 Å². The van der Waals surface area contributed by atoms with Crippen molar-refractivity contribution in [2.24, 2.45) is 0 Å². The quantitative estimate of drug-likeness (QED) is 0.546. The lowest BCUT2D eigenvalue weighted by Gasteiger charge is -2.20. The van der Waals surface area contributed by atoms with Crippen molar-refractivity contribution in [3.05, 3.63) is 33.4 Å². The van der Waals surface area contributed by atoms with Crippen LogP contribution in [0.3, 0.4) is 0 Å². The highest BCUT2D eigenvalue weighted by molar-refractivity contribution is 7.89. The average Bonchev–Trinajstić information content (AvgIpc) is 2.40. The first-order valence-corrected chi connectivity index (χ1v) is 7.67. The first-order valence-electron chi connectivity index (χ1n) is 6.23. The predicted molar refractivity (Wildman–Crippen MR) is 75.5 cm³/mol. The van der Waals surface area contributed by atoms with E-state index in [0.29, 0.717) is 11.1 Å². The largest absolute Gasteiger partial charge is 0.395 e. The number of benzene rings is 1. The highest BCUT2D eigenvalue weighted by Gasteiger charge is 2.31. The number of hydrogen-bond acceptors (Lipinski definition) is 6. The zero-order chi connectivity index (χ0) is 16.2. The van der Waals surface area contributed by atoms with Crippen LogP contribution in [0.25, 0.3) is 0 Å². The molecule has 0 fully saturated rings. The lowest BCUT2D eigenvalue weighted by molar-refractivity contribution is -0.387. The molecule has 8 nitrogen and oxygen atoms in total. The molecule has 0 aliphatic rings. The van der Waals surface area contributed by atoms with Gasteiger partial charge in [0.15, 0.2) is 4.90 Å². The van der Waals surface area contributed by atoms with Gasteiger partial charge in [-0.25, -0.2) is 8.42 Å². The zero-order valence-corrected chi connectivity index (χ0v) is 12.6. The molecule has 0 aliphatic carbocycles. The topological polar surface area (TPSA) is 121 Å². The van der Waals surface area contributed by atoms with Gasteiger partial charge >= 0.3 is 0 Å². The Morgan fingerprint density at radius 2 is 1.62 bits per heavy atom. The summed E-state index contributed by atoms with van der Waals surface area (Å²) in [6.07, 6.45) is 0. The second kappa shape index (κ2) is 6.94. The van der Waals surface area contributed by atoms with E-state index in [-0.39, 0.29) is 13.1 Å². The van der Waals surface area contributed by atoms with Crippen LogP contribution >= 0.6 is 0 Å². The Morgan fingerprint density at radius 3 is 2.05 bits per heavy atom. The van der Waals surface area contributed by atoms with Crippen LogP contribution in [0.2, 0.25) is 0 Å². The highest BCUT2D eigenvalue weighted by atomic mass is 32.2. The van der Waals surface area contributed by atoms with E-state index in [9.17, 15) is 18.5 Å². The van der Waals surface area contributed by atoms with E-state index in [4.69, 9.17) is 10.2 Å². The molecule has 0 aliphatic heterocycles. The summed E-state index contributed by atoms with van der Waals surface area (Å²) in [4.78, 5) is 9.91. The number of nitro groups is 1. The van der Waals surface area contributed by atoms with Crippen LogP contribution in [-0.4, -0.2) is 54.2 Å². The summed E-state index contributed by atoms with van der Waals surface area (Å²) in [6.45, 7) is 1.92. The number of nitrogens with zero attached hydrogens (tertiary/aromatic N) is 2. The molecule has 118 valence electrons. The van der Waals surface area contributed by atoms with Crippen molar-refractivity contribution >= 4 is 15.7 Å². The van der Waals surface area contributed by atoms with Crippen LogP contribution in [-0.2, 0) is 10.0 Å². The maximum Gasteiger partial charge on any atom is 0.289 e. The number of sulfonamides is 1. The molecule has 1 rings (SSSR count). The van der Waals surface area contributed by atoms with E-state index in [1.165, 1.54) is 12.1 Å². The maximum atomic E-state index is 12.5. The number of aliphatic hydroxyl groups is 2. The Morgan fingerprint density at radius 1 is 1.14 bits per heavy atom. The summed E-state index contributed by atoms with van der Waals surface area (Å²) in [7, 11) is -4.17. The van der Waals surface area contributed by atoms with Crippen molar-refractivity contribution in [3.63, 3.8) is 0 Å². The number of nitro benzene ring substituents is 1. The summed E-state index contributed by atoms with van der Waals surface area (Å²) in [5.41, 5.74) is 0.697. The first kappa shape index (κ1) is 17.5. The second-order valence-electron chi connectivity index (χ2n) is 4.51. The molecule has 1 aromatic carbocycles. The van der Waals surface area contributed by atoms with E-state index >= 15 is 0 Å². The molecule has 0 heterocycles. The molecule has 1 aromatic rings. The van der Waals surface area contributed by atoms with Gasteiger partial charge in [-0.1, -0.05) is 0 Å². The van der Waals surface area contributed by atoms with Gasteiger partial charge in [0.2, 0.25) is 10.0 Å². The Labute approximate surface area is 122 Å². The van der Waals surface area contributed by atoms with E-state index in [2.05, 4.69) is 0 Å². The summed E-state index contributed by atoms with van der Waals surface area (Å²) in [5.74, 6) is 0. The predicted octanol–water partition coefficient (Wildman–Crippen LogP) is 0.187. The maximum absolute atomic E-state index is 12.5. The third-order valence-corrected chi connectivity index (χ3v) is 5.02. The molecular weight excluding hydrogens is 300 g/mol. The van der Waals surface area contributed by atoms with Gasteiger partial charge in [0.25, 0.3) is 5.69 Å². The molecule has 0 saturated heterocycles. The fraction of sp³-hybridized carbons (Fsp3) is 0.500. The number of aryl methyl sites for hydroxylation is 2. The molecule has 0 radical (unpaired) electrons. The molecule has 0 atom stereocenters. The number of rotatable bonds is 7. The molecule has 0 unspecified atom stereocenters. The minimum Gasteiger partial charge on any atom is -0.395 e. The Balaban J connectivity index is 3.48. The molecule has 9 heteroatoms. The van der Waals surface area contributed by atoms with E-state index < -0.39 is 38.7 Å². The third kappa shape index (κ3) is 3.76. The molecule has 0 bridgehead atoms. The summed E-state index contributed by atoms with van der Waals surface area (Å²) < 4.78 is 25.8. The van der Waals surface area contributed by atoms with Gasteiger partial charge in [-0.15, -0.1) is 0 Å². The van der Waals surface area contributed by atoms with Gasteiger partial charge in [-0.2, -0.15) is 4.31 Å². The molecular formula is C12H18N2O6S. The van der Waals surface area contributed by atoms with Crippen molar-refractivity contribution in [3.8, 4) is 0 Å². The van der Waals surface area contributed by atoms with Crippen molar-refractivity contribution in [1.82, 2.24) is 4.31 Å². The van der Waals surface area contributed by atoms with Crippen molar-refractivity contribution in [2.45, 2.75) is 18.7 Å². The SMILES string of the molecule is Cc1cc([N+](=O)[O-])c(S(=O)(=O)N(CCO)CCO)cc1C. The van der Waals surface area contributed by atoms with Gasteiger partial charge in [0.1, 0.15) is 0 Å². The Kier molecular flexibility index (Phi) is 5.78.